The number of hydrogen-bond acceptors (Lipinski definition) is 2. The molecule has 0 saturated heterocycles. The predicted molar refractivity (Wildman–Crippen MR) is 70.6 cm³/mol. The standard InChI is InChI=1S/C13H19F2NO.ClH/c1-13(2,3)11(16)7-10(17)12-8(14)5-4-6-9(12)15;/h4-6,10-11,17H,7,16H2,1-3H3;1H/t10-,11+;/m1./s1. The van der Waals surface area contributed by atoms with Crippen LogP contribution in [0.4, 0.5) is 8.78 Å². The third kappa shape index (κ3) is 4.19. The van der Waals surface area contributed by atoms with Crippen LogP contribution in [0.1, 0.15) is 38.9 Å². The Kier molecular flexibility index (Phi) is 6.20. The second-order valence-electron chi connectivity index (χ2n) is 5.36. The molecule has 0 aliphatic carbocycles. The van der Waals surface area contributed by atoms with E-state index >= 15 is 0 Å². The van der Waals surface area contributed by atoms with Crippen molar-refractivity contribution < 1.29 is 13.9 Å². The lowest BCUT2D eigenvalue weighted by Crippen LogP contribution is -2.36. The van der Waals surface area contributed by atoms with Gasteiger partial charge in [0.25, 0.3) is 0 Å². The molecule has 0 aliphatic rings. The van der Waals surface area contributed by atoms with Gasteiger partial charge in [-0.25, -0.2) is 8.78 Å². The fourth-order valence-electron chi connectivity index (χ4n) is 1.54. The summed E-state index contributed by atoms with van der Waals surface area (Å²) in [5.41, 5.74) is 5.37. The summed E-state index contributed by atoms with van der Waals surface area (Å²) < 4.78 is 26.8. The van der Waals surface area contributed by atoms with Crippen molar-refractivity contribution in [2.45, 2.75) is 39.3 Å². The van der Waals surface area contributed by atoms with Gasteiger partial charge in [0.15, 0.2) is 0 Å². The van der Waals surface area contributed by atoms with Crippen LogP contribution in [0.15, 0.2) is 18.2 Å². The lowest BCUT2D eigenvalue weighted by Gasteiger charge is -2.29. The molecule has 3 N–H and O–H groups in total. The van der Waals surface area contributed by atoms with E-state index in [1.54, 1.807) is 0 Å². The molecule has 0 amide bonds. The van der Waals surface area contributed by atoms with Crippen molar-refractivity contribution in [1.82, 2.24) is 0 Å². The van der Waals surface area contributed by atoms with Crippen molar-refractivity contribution in [3.05, 3.63) is 35.4 Å². The number of aliphatic hydroxyl groups is 1. The normalized spacial score (nSPS) is 14.8. The molecule has 0 saturated carbocycles. The first-order valence-corrected chi connectivity index (χ1v) is 5.61. The zero-order valence-corrected chi connectivity index (χ0v) is 11.6. The molecule has 1 aromatic rings. The van der Waals surface area contributed by atoms with Crippen LogP contribution in [0, 0.1) is 17.0 Å². The first-order chi connectivity index (χ1) is 7.73. The monoisotopic (exact) mass is 279 g/mol. The Balaban J connectivity index is 0.00000289. The molecule has 0 aromatic heterocycles. The molecule has 0 fully saturated rings. The third-order valence-electron chi connectivity index (χ3n) is 2.92. The maximum atomic E-state index is 13.4. The summed E-state index contributed by atoms with van der Waals surface area (Å²) in [7, 11) is 0. The molecule has 0 bridgehead atoms. The van der Waals surface area contributed by atoms with Crippen LogP contribution in [0.3, 0.4) is 0 Å². The van der Waals surface area contributed by atoms with Crippen molar-refractivity contribution >= 4 is 12.4 Å². The maximum Gasteiger partial charge on any atom is 0.131 e. The Morgan fingerprint density at radius 2 is 1.67 bits per heavy atom. The van der Waals surface area contributed by atoms with E-state index < -0.39 is 17.7 Å². The van der Waals surface area contributed by atoms with E-state index in [-0.39, 0.29) is 35.8 Å². The first-order valence-electron chi connectivity index (χ1n) is 5.61. The van der Waals surface area contributed by atoms with Gasteiger partial charge in [-0.15, -0.1) is 12.4 Å². The molecule has 0 heterocycles. The van der Waals surface area contributed by atoms with Crippen molar-refractivity contribution in [1.29, 1.82) is 0 Å². The summed E-state index contributed by atoms with van der Waals surface area (Å²) in [6, 6.07) is 3.19. The van der Waals surface area contributed by atoms with E-state index in [4.69, 9.17) is 5.73 Å². The fraction of sp³-hybridized carbons (Fsp3) is 0.538. The highest BCUT2D eigenvalue weighted by atomic mass is 35.5. The van der Waals surface area contributed by atoms with Gasteiger partial charge in [0.05, 0.1) is 11.7 Å². The molecule has 2 nitrogen and oxygen atoms in total. The third-order valence-corrected chi connectivity index (χ3v) is 2.92. The summed E-state index contributed by atoms with van der Waals surface area (Å²) in [6.45, 7) is 5.76. The summed E-state index contributed by atoms with van der Waals surface area (Å²) in [6.07, 6.45) is -1.09. The van der Waals surface area contributed by atoms with Crippen LogP contribution in [0.25, 0.3) is 0 Å². The summed E-state index contributed by atoms with van der Waals surface area (Å²) >= 11 is 0. The van der Waals surface area contributed by atoms with Crippen LogP contribution in [0.5, 0.6) is 0 Å². The van der Waals surface area contributed by atoms with Gasteiger partial charge in [-0.2, -0.15) is 0 Å². The molecule has 0 radical (unpaired) electrons. The van der Waals surface area contributed by atoms with Gasteiger partial charge in [-0.1, -0.05) is 26.8 Å². The molecule has 1 rings (SSSR count). The van der Waals surface area contributed by atoms with Crippen molar-refractivity contribution in [2.24, 2.45) is 11.1 Å². The highest BCUT2D eigenvalue weighted by Gasteiger charge is 2.26. The molecule has 0 unspecified atom stereocenters. The fourth-order valence-corrected chi connectivity index (χ4v) is 1.54. The Bertz CT molecular complexity index is 373. The minimum atomic E-state index is -1.22. The molecule has 0 aliphatic heterocycles. The maximum absolute atomic E-state index is 13.4. The topological polar surface area (TPSA) is 46.2 Å². The molecule has 2 atom stereocenters. The average molecular weight is 280 g/mol. The predicted octanol–water partition coefficient (Wildman–Crippen LogP) is 3.18. The molecule has 5 heteroatoms. The minimum Gasteiger partial charge on any atom is -0.388 e. The van der Waals surface area contributed by atoms with Gasteiger partial charge in [0.2, 0.25) is 0 Å². The van der Waals surface area contributed by atoms with Gasteiger partial charge in [-0.3, -0.25) is 0 Å². The molecule has 104 valence electrons. The second kappa shape index (κ2) is 6.45. The number of hydrogen-bond donors (Lipinski definition) is 2. The Morgan fingerprint density at radius 1 is 1.22 bits per heavy atom. The van der Waals surface area contributed by atoms with Crippen LogP contribution >= 0.6 is 12.4 Å². The summed E-state index contributed by atoms with van der Waals surface area (Å²) in [4.78, 5) is 0. The van der Waals surface area contributed by atoms with E-state index in [1.807, 2.05) is 20.8 Å². The summed E-state index contributed by atoms with van der Waals surface area (Å²) in [5, 5.41) is 9.86. The van der Waals surface area contributed by atoms with E-state index in [0.29, 0.717) is 0 Å². The quantitative estimate of drug-likeness (QED) is 0.893. The van der Waals surface area contributed by atoms with E-state index in [9.17, 15) is 13.9 Å². The Hall–Kier alpha value is -0.710. The van der Waals surface area contributed by atoms with Crippen LogP contribution < -0.4 is 5.73 Å². The molecule has 1 aromatic carbocycles. The van der Waals surface area contributed by atoms with Gasteiger partial charge in [0.1, 0.15) is 11.6 Å². The van der Waals surface area contributed by atoms with E-state index in [0.717, 1.165) is 12.1 Å². The smallest absolute Gasteiger partial charge is 0.131 e. The van der Waals surface area contributed by atoms with Gasteiger partial charge in [-0.05, 0) is 24.0 Å². The molecule has 18 heavy (non-hydrogen) atoms. The lowest BCUT2D eigenvalue weighted by molar-refractivity contribution is 0.126. The number of aliphatic hydroxyl groups excluding tert-OH is 1. The number of benzene rings is 1. The molecule has 0 spiro atoms. The molecular weight excluding hydrogens is 260 g/mol. The average Bonchev–Trinajstić information content (AvgIpc) is 2.15. The number of nitrogens with two attached hydrogens (primary N) is 1. The number of halogens is 3. The Labute approximate surface area is 113 Å². The van der Waals surface area contributed by atoms with E-state index in [2.05, 4.69) is 0 Å². The van der Waals surface area contributed by atoms with Gasteiger partial charge in [0, 0.05) is 6.04 Å². The molecular formula is C13H20ClF2NO. The minimum absolute atomic E-state index is 0. The highest BCUT2D eigenvalue weighted by molar-refractivity contribution is 5.85. The van der Waals surface area contributed by atoms with Crippen LogP contribution in [-0.4, -0.2) is 11.1 Å². The van der Waals surface area contributed by atoms with Crippen molar-refractivity contribution in [3.63, 3.8) is 0 Å². The first kappa shape index (κ1) is 17.3. The van der Waals surface area contributed by atoms with Crippen molar-refractivity contribution in [2.75, 3.05) is 0 Å². The summed E-state index contributed by atoms with van der Waals surface area (Å²) in [5.74, 6) is -1.47. The Morgan fingerprint density at radius 3 is 2.06 bits per heavy atom. The SMILES string of the molecule is CC(C)(C)[C@@H](N)C[C@@H](O)c1c(F)cccc1F.Cl. The van der Waals surface area contributed by atoms with Gasteiger partial charge >= 0.3 is 0 Å². The number of rotatable bonds is 3. The van der Waals surface area contributed by atoms with Crippen LogP contribution in [0.2, 0.25) is 0 Å². The largest absolute Gasteiger partial charge is 0.388 e. The van der Waals surface area contributed by atoms with Crippen molar-refractivity contribution in [3.8, 4) is 0 Å². The van der Waals surface area contributed by atoms with Crippen LogP contribution in [-0.2, 0) is 0 Å². The second-order valence-corrected chi connectivity index (χ2v) is 5.36. The zero-order chi connectivity index (χ0) is 13.2. The lowest BCUT2D eigenvalue weighted by atomic mass is 9.83. The van der Waals surface area contributed by atoms with Gasteiger partial charge < -0.3 is 10.8 Å². The highest BCUT2D eigenvalue weighted by Crippen LogP contribution is 2.29. The van der Waals surface area contributed by atoms with E-state index in [1.165, 1.54) is 6.07 Å². The zero-order valence-electron chi connectivity index (χ0n) is 10.8.